The number of nitrogens with zero attached hydrogens (tertiary/aromatic N) is 1. The molecule has 1 unspecified atom stereocenters. The maximum atomic E-state index is 12.6. The topological polar surface area (TPSA) is 61.4 Å². The number of likely N-dealkylation sites (N-methyl/N-ethyl adjacent to an activating group) is 1. The van der Waals surface area contributed by atoms with Gasteiger partial charge in [0.05, 0.1) is 5.41 Å². The van der Waals surface area contributed by atoms with E-state index in [9.17, 15) is 9.59 Å². The van der Waals surface area contributed by atoms with Gasteiger partial charge in [-0.2, -0.15) is 0 Å². The molecule has 2 N–H and O–H groups in total. The Labute approximate surface area is 124 Å². The smallest absolute Gasteiger partial charge is 0.244 e. The van der Waals surface area contributed by atoms with Crippen LogP contribution in [0.4, 0.5) is 0 Å². The molecule has 2 aliphatic rings. The van der Waals surface area contributed by atoms with E-state index in [0.29, 0.717) is 32.5 Å². The van der Waals surface area contributed by atoms with Crippen molar-refractivity contribution in [1.82, 2.24) is 15.5 Å². The van der Waals surface area contributed by atoms with E-state index < -0.39 is 5.41 Å². The first-order valence-corrected chi connectivity index (χ1v) is 7.41. The lowest BCUT2D eigenvalue weighted by Gasteiger charge is -2.41. The summed E-state index contributed by atoms with van der Waals surface area (Å²) in [6.45, 7) is 2.06. The Morgan fingerprint density at radius 3 is 2.62 bits per heavy atom. The Balaban J connectivity index is 1.68. The van der Waals surface area contributed by atoms with E-state index in [1.54, 1.807) is 11.9 Å². The molecule has 5 nitrogen and oxygen atoms in total. The fourth-order valence-corrected chi connectivity index (χ4v) is 3.05. The lowest BCUT2D eigenvalue weighted by Crippen LogP contribution is -2.64. The highest BCUT2D eigenvalue weighted by Crippen LogP contribution is 2.28. The van der Waals surface area contributed by atoms with Crippen LogP contribution in [0, 0.1) is 5.41 Å². The Morgan fingerprint density at radius 1 is 1.38 bits per heavy atom. The van der Waals surface area contributed by atoms with Gasteiger partial charge in [-0.05, 0) is 18.4 Å². The van der Waals surface area contributed by atoms with Gasteiger partial charge in [0.25, 0.3) is 0 Å². The lowest BCUT2D eigenvalue weighted by atomic mass is 9.75. The third kappa shape index (κ3) is 2.65. The summed E-state index contributed by atoms with van der Waals surface area (Å²) in [5.74, 6) is 0.0178. The summed E-state index contributed by atoms with van der Waals surface area (Å²) in [7, 11) is 1.78. The summed E-state index contributed by atoms with van der Waals surface area (Å²) in [6, 6.07) is 9.69. The van der Waals surface area contributed by atoms with E-state index >= 15 is 0 Å². The first-order valence-electron chi connectivity index (χ1n) is 7.41. The summed E-state index contributed by atoms with van der Waals surface area (Å²) < 4.78 is 0. The molecule has 2 fully saturated rings. The van der Waals surface area contributed by atoms with Crippen molar-refractivity contribution in [3.05, 3.63) is 35.9 Å². The number of hydrogen-bond acceptors (Lipinski definition) is 3. The highest BCUT2D eigenvalue weighted by atomic mass is 16.2. The Hall–Kier alpha value is -1.88. The van der Waals surface area contributed by atoms with Crippen LogP contribution in [-0.4, -0.2) is 49.4 Å². The predicted octanol–water partition coefficient (Wildman–Crippen LogP) is 0.166. The lowest BCUT2D eigenvalue weighted by molar-refractivity contribution is -0.138. The molecule has 0 spiro atoms. The molecule has 0 radical (unpaired) electrons. The molecule has 2 aliphatic heterocycles. The fourth-order valence-electron chi connectivity index (χ4n) is 3.05. The van der Waals surface area contributed by atoms with Crippen molar-refractivity contribution in [3.8, 4) is 0 Å². The standard InChI is InChI=1S/C16H21N3O2/c1-19-8-7-13(14(19)20)18-15(21)16(10-17-11-16)9-12-5-3-2-4-6-12/h2-6,13,17H,7-11H2,1H3,(H,18,21). The van der Waals surface area contributed by atoms with Crippen LogP contribution in [0.5, 0.6) is 0 Å². The van der Waals surface area contributed by atoms with Crippen molar-refractivity contribution < 1.29 is 9.59 Å². The number of hydrogen-bond donors (Lipinski definition) is 2. The number of likely N-dealkylation sites (tertiary alicyclic amines) is 1. The molecule has 0 aliphatic carbocycles. The molecule has 1 atom stereocenters. The van der Waals surface area contributed by atoms with Crippen LogP contribution in [0.1, 0.15) is 12.0 Å². The molecule has 0 saturated carbocycles. The largest absolute Gasteiger partial charge is 0.344 e. The molecule has 112 valence electrons. The van der Waals surface area contributed by atoms with E-state index in [0.717, 1.165) is 5.56 Å². The van der Waals surface area contributed by atoms with Crippen LogP contribution < -0.4 is 10.6 Å². The maximum Gasteiger partial charge on any atom is 0.244 e. The normalized spacial score (nSPS) is 23.8. The first-order chi connectivity index (χ1) is 10.1. The Bertz CT molecular complexity index is 540. The van der Waals surface area contributed by atoms with Gasteiger partial charge in [0.1, 0.15) is 6.04 Å². The van der Waals surface area contributed by atoms with Crippen molar-refractivity contribution in [2.45, 2.75) is 18.9 Å². The molecule has 1 aromatic carbocycles. The minimum absolute atomic E-state index is 0.00115. The Kier molecular flexibility index (Phi) is 3.68. The van der Waals surface area contributed by atoms with Gasteiger partial charge in [-0.15, -0.1) is 0 Å². The molecule has 2 amide bonds. The number of carbonyl (C=O) groups is 2. The molecule has 1 aromatic rings. The van der Waals surface area contributed by atoms with E-state index in [2.05, 4.69) is 10.6 Å². The number of carbonyl (C=O) groups excluding carboxylic acids is 2. The highest BCUT2D eigenvalue weighted by molar-refractivity contribution is 5.92. The molecule has 21 heavy (non-hydrogen) atoms. The molecule has 0 aromatic heterocycles. The highest BCUT2D eigenvalue weighted by Gasteiger charge is 2.46. The van der Waals surface area contributed by atoms with Gasteiger partial charge in [-0.1, -0.05) is 30.3 Å². The van der Waals surface area contributed by atoms with Gasteiger partial charge in [0.15, 0.2) is 0 Å². The molecule has 5 heteroatoms. The minimum atomic E-state index is -0.414. The molecule has 2 saturated heterocycles. The number of benzene rings is 1. The van der Waals surface area contributed by atoms with Gasteiger partial charge in [0, 0.05) is 26.7 Å². The quantitative estimate of drug-likeness (QED) is 0.829. The average molecular weight is 287 g/mol. The van der Waals surface area contributed by atoms with Crippen LogP contribution in [0.15, 0.2) is 30.3 Å². The Morgan fingerprint density at radius 2 is 2.10 bits per heavy atom. The van der Waals surface area contributed by atoms with Gasteiger partial charge in [0.2, 0.25) is 11.8 Å². The van der Waals surface area contributed by atoms with Crippen LogP contribution in [0.2, 0.25) is 0 Å². The van der Waals surface area contributed by atoms with E-state index in [1.807, 2.05) is 30.3 Å². The summed E-state index contributed by atoms with van der Waals surface area (Å²) in [5.41, 5.74) is 0.743. The van der Waals surface area contributed by atoms with E-state index in [-0.39, 0.29) is 17.9 Å². The zero-order chi connectivity index (χ0) is 14.9. The summed E-state index contributed by atoms with van der Waals surface area (Å²) in [4.78, 5) is 26.2. The number of rotatable bonds is 4. The van der Waals surface area contributed by atoms with Crippen LogP contribution in [-0.2, 0) is 16.0 Å². The summed E-state index contributed by atoms with van der Waals surface area (Å²) in [5, 5.41) is 6.14. The van der Waals surface area contributed by atoms with Crippen molar-refractivity contribution in [1.29, 1.82) is 0 Å². The van der Waals surface area contributed by atoms with Gasteiger partial charge >= 0.3 is 0 Å². The zero-order valence-corrected chi connectivity index (χ0v) is 12.3. The second-order valence-corrected chi connectivity index (χ2v) is 6.12. The van der Waals surface area contributed by atoms with Gasteiger partial charge < -0.3 is 15.5 Å². The minimum Gasteiger partial charge on any atom is -0.344 e. The van der Waals surface area contributed by atoms with Crippen LogP contribution in [0.3, 0.4) is 0 Å². The monoisotopic (exact) mass is 287 g/mol. The second-order valence-electron chi connectivity index (χ2n) is 6.12. The molecule has 3 rings (SSSR count). The SMILES string of the molecule is CN1CCC(NC(=O)C2(Cc3ccccc3)CNC2)C1=O. The molecule has 2 heterocycles. The summed E-state index contributed by atoms with van der Waals surface area (Å²) >= 11 is 0. The predicted molar refractivity (Wildman–Crippen MR) is 79.6 cm³/mol. The molecular formula is C16H21N3O2. The fraction of sp³-hybridized carbons (Fsp3) is 0.500. The van der Waals surface area contributed by atoms with Crippen molar-refractivity contribution in [2.75, 3.05) is 26.7 Å². The first kappa shape index (κ1) is 14.1. The van der Waals surface area contributed by atoms with Crippen molar-refractivity contribution >= 4 is 11.8 Å². The zero-order valence-electron chi connectivity index (χ0n) is 12.3. The average Bonchev–Trinajstić information content (AvgIpc) is 2.76. The van der Waals surface area contributed by atoms with Crippen LogP contribution in [0.25, 0.3) is 0 Å². The third-order valence-electron chi connectivity index (χ3n) is 4.53. The number of amides is 2. The van der Waals surface area contributed by atoms with E-state index in [4.69, 9.17) is 0 Å². The van der Waals surface area contributed by atoms with Crippen molar-refractivity contribution in [2.24, 2.45) is 5.41 Å². The summed E-state index contributed by atoms with van der Waals surface area (Å²) in [6.07, 6.45) is 1.42. The van der Waals surface area contributed by atoms with Crippen molar-refractivity contribution in [3.63, 3.8) is 0 Å². The third-order valence-corrected chi connectivity index (χ3v) is 4.53. The molecule has 0 bridgehead atoms. The van der Waals surface area contributed by atoms with Gasteiger partial charge in [-0.3, -0.25) is 9.59 Å². The maximum absolute atomic E-state index is 12.6. The van der Waals surface area contributed by atoms with Crippen LogP contribution >= 0.6 is 0 Å². The number of nitrogens with one attached hydrogen (secondary N) is 2. The molecular weight excluding hydrogens is 266 g/mol. The van der Waals surface area contributed by atoms with Gasteiger partial charge in [-0.25, -0.2) is 0 Å². The second kappa shape index (κ2) is 5.48. The van der Waals surface area contributed by atoms with E-state index in [1.165, 1.54) is 0 Å².